The normalized spacial score (nSPS) is 23.1. The summed E-state index contributed by atoms with van der Waals surface area (Å²) in [5.41, 5.74) is 6.27. The predicted octanol–water partition coefficient (Wildman–Crippen LogP) is 1.75. The summed E-state index contributed by atoms with van der Waals surface area (Å²) in [6.45, 7) is 1.57. The highest BCUT2D eigenvalue weighted by atomic mass is 19.1. The molecule has 0 aliphatic heterocycles. The second kappa shape index (κ2) is 5.57. The summed E-state index contributed by atoms with van der Waals surface area (Å²) in [7, 11) is 0. The number of nitrogen functional groups attached to an aromatic ring is 1. The monoisotopic (exact) mass is 266 g/mol. The zero-order chi connectivity index (χ0) is 14.0. The molecule has 0 radical (unpaired) electrons. The van der Waals surface area contributed by atoms with E-state index in [9.17, 15) is 14.3 Å². The molecule has 1 fully saturated rings. The Balaban J connectivity index is 2.15. The molecular formula is C14H19FN2O2. The fourth-order valence-electron chi connectivity index (χ4n) is 2.49. The largest absolute Gasteiger partial charge is 0.399 e. The number of carbonyl (C=O) groups excluding carboxylic acids is 1. The molecule has 2 atom stereocenters. The lowest BCUT2D eigenvalue weighted by Crippen LogP contribution is -2.45. The van der Waals surface area contributed by atoms with Crippen LogP contribution in [0.25, 0.3) is 0 Å². The smallest absolute Gasteiger partial charge is 0.254 e. The second-order valence-electron chi connectivity index (χ2n) is 5.13. The van der Waals surface area contributed by atoms with Crippen LogP contribution in [0.2, 0.25) is 0 Å². The van der Waals surface area contributed by atoms with Gasteiger partial charge >= 0.3 is 0 Å². The molecule has 5 heteroatoms. The van der Waals surface area contributed by atoms with Crippen LogP contribution < -0.4 is 11.1 Å². The van der Waals surface area contributed by atoms with E-state index in [1.54, 1.807) is 6.92 Å². The van der Waals surface area contributed by atoms with Crippen LogP contribution in [0.15, 0.2) is 12.1 Å². The summed E-state index contributed by atoms with van der Waals surface area (Å²) < 4.78 is 13.9. The van der Waals surface area contributed by atoms with Gasteiger partial charge in [0.05, 0.1) is 17.7 Å². The van der Waals surface area contributed by atoms with E-state index in [1.165, 1.54) is 12.1 Å². The van der Waals surface area contributed by atoms with E-state index in [0.29, 0.717) is 17.7 Å². The van der Waals surface area contributed by atoms with Crippen LogP contribution in [-0.4, -0.2) is 23.2 Å². The molecule has 1 aliphatic carbocycles. The quantitative estimate of drug-likeness (QED) is 0.714. The van der Waals surface area contributed by atoms with E-state index >= 15 is 0 Å². The number of aliphatic hydroxyl groups is 1. The van der Waals surface area contributed by atoms with Crippen LogP contribution in [0.1, 0.15) is 41.6 Å². The van der Waals surface area contributed by atoms with Crippen molar-refractivity contribution in [3.63, 3.8) is 0 Å². The molecule has 0 aromatic heterocycles. The highest BCUT2D eigenvalue weighted by Gasteiger charge is 2.26. The molecule has 1 aromatic carbocycles. The van der Waals surface area contributed by atoms with E-state index < -0.39 is 17.8 Å². The number of hydrogen-bond donors (Lipinski definition) is 3. The van der Waals surface area contributed by atoms with Crippen LogP contribution in [0.4, 0.5) is 10.1 Å². The number of aryl methyl sites for hydroxylation is 1. The van der Waals surface area contributed by atoms with E-state index in [2.05, 4.69) is 5.32 Å². The van der Waals surface area contributed by atoms with Crippen molar-refractivity contribution in [1.82, 2.24) is 5.32 Å². The van der Waals surface area contributed by atoms with Gasteiger partial charge in [-0.25, -0.2) is 4.39 Å². The Labute approximate surface area is 111 Å². The second-order valence-corrected chi connectivity index (χ2v) is 5.13. The third-order valence-electron chi connectivity index (χ3n) is 3.57. The first-order chi connectivity index (χ1) is 8.99. The molecule has 0 unspecified atom stereocenters. The molecule has 0 bridgehead atoms. The number of halogens is 1. The number of amides is 1. The Bertz CT molecular complexity index is 491. The summed E-state index contributed by atoms with van der Waals surface area (Å²) in [5, 5.41) is 12.5. The zero-order valence-electron chi connectivity index (χ0n) is 10.9. The Morgan fingerprint density at radius 2 is 2.11 bits per heavy atom. The standard InChI is InChI=1S/C14H19FN2O2/c1-8-6-9(16)7-10(13(8)15)14(19)17-11-4-2-3-5-12(11)18/h6-7,11-12,18H,2-5,16H2,1H3,(H,17,19)/t11-,12-/m0/s1. The van der Waals surface area contributed by atoms with Gasteiger partial charge in [0.2, 0.25) is 0 Å². The van der Waals surface area contributed by atoms with Gasteiger partial charge in [0.1, 0.15) is 5.82 Å². The zero-order valence-corrected chi connectivity index (χ0v) is 10.9. The van der Waals surface area contributed by atoms with Crippen molar-refractivity contribution in [2.45, 2.75) is 44.8 Å². The molecule has 1 saturated carbocycles. The van der Waals surface area contributed by atoms with Crippen LogP contribution in [0.5, 0.6) is 0 Å². The molecule has 104 valence electrons. The number of carbonyl (C=O) groups is 1. The van der Waals surface area contributed by atoms with Crippen molar-refractivity contribution in [2.24, 2.45) is 0 Å². The molecule has 4 nitrogen and oxygen atoms in total. The summed E-state index contributed by atoms with van der Waals surface area (Å²) in [4.78, 5) is 12.1. The Morgan fingerprint density at radius 1 is 1.42 bits per heavy atom. The molecule has 19 heavy (non-hydrogen) atoms. The van der Waals surface area contributed by atoms with Gasteiger partial charge in [0, 0.05) is 5.69 Å². The molecule has 2 rings (SSSR count). The van der Waals surface area contributed by atoms with E-state index in [4.69, 9.17) is 5.73 Å². The third-order valence-corrected chi connectivity index (χ3v) is 3.57. The van der Waals surface area contributed by atoms with Crippen LogP contribution in [0, 0.1) is 12.7 Å². The third kappa shape index (κ3) is 3.04. The number of aliphatic hydroxyl groups excluding tert-OH is 1. The van der Waals surface area contributed by atoms with Gasteiger partial charge < -0.3 is 16.2 Å². The van der Waals surface area contributed by atoms with Crippen molar-refractivity contribution in [3.8, 4) is 0 Å². The van der Waals surface area contributed by atoms with Crippen molar-refractivity contribution in [3.05, 3.63) is 29.1 Å². The highest BCUT2D eigenvalue weighted by Crippen LogP contribution is 2.21. The first kappa shape index (κ1) is 13.8. The lowest BCUT2D eigenvalue weighted by atomic mass is 9.92. The Morgan fingerprint density at radius 3 is 2.79 bits per heavy atom. The van der Waals surface area contributed by atoms with Gasteiger partial charge in [-0.2, -0.15) is 0 Å². The van der Waals surface area contributed by atoms with Crippen molar-refractivity contribution < 1.29 is 14.3 Å². The number of benzene rings is 1. The summed E-state index contributed by atoms with van der Waals surface area (Å²) in [5.74, 6) is -1.07. The van der Waals surface area contributed by atoms with Gasteiger partial charge in [-0.1, -0.05) is 12.8 Å². The maximum atomic E-state index is 13.9. The van der Waals surface area contributed by atoms with Crippen molar-refractivity contribution in [1.29, 1.82) is 0 Å². The number of nitrogens with one attached hydrogen (secondary N) is 1. The maximum absolute atomic E-state index is 13.9. The number of nitrogens with two attached hydrogens (primary N) is 1. The molecule has 0 heterocycles. The van der Waals surface area contributed by atoms with E-state index in [-0.39, 0.29) is 11.6 Å². The first-order valence-corrected chi connectivity index (χ1v) is 6.53. The van der Waals surface area contributed by atoms with Gasteiger partial charge in [-0.05, 0) is 37.5 Å². The van der Waals surface area contributed by atoms with Gasteiger partial charge in [0.25, 0.3) is 5.91 Å². The minimum atomic E-state index is -0.558. The molecule has 0 spiro atoms. The van der Waals surface area contributed by atoms with Crippen molar-refractivity contribution >= 4 is 11.6 Å². The topological polar surface area (TPSA) is 75.4 Å². The SMILES string of the molecule is Cc1cc(N)cc(C(=O)N[C@H]2CCCC[C@@H]2O)c1F. The molecular weight excluding hydrogens is 247 g/mol. The summed E-state index contributed by atoms with van der Waals surface area (Å²) >= 11 is 0. The van der Waals surface area contributed by atoms with Crippen LogP contribution in [0.3, 0.4) is 0 Å². The summed E-state index contributed by atoms with van der Waals surface area (Å²) in [6.07, 6.45) is 2.75. The fourth-order valence-corrected chi connectivity index (χ4v) is 2.49. The molecule has 1 amide bonds. The average Bonchev–Trinajstić information content (AvgIpc) is 2.36. The molecule has 1 aliphatic rings. The minimum absolute atomic E-state index is 0.0599. The van der Waals surface area contributed by atoms with Gasteiger partial charge in [0.15, 0.2) is 0 Å². The van der Waals surface area contributed by atoms with E-state index in [1.807, 2.05) is 0 Å². The van der Waals surface area contributed by atoms with Gasteiger partial charge in [-0.15, -0.1) is 0 Å². The first-order valence-electron chi connectivity index (χ1n) is 6.53. The van der Waals surface area contributed by atoms with Crippen LogP contribution in [-0.2, 0) is 0 Å². The number of rotatable bonds is 2. The minimum Gasteiger partial charge on any atom is -0.399 e. The molecule has 1 aromatic rings. The average molecular weight is 266 g/mol. The van der Waals surface area contributed by atoms with Crippen molar-refractivity contribution in [2.75, 3.05) is 5.73 Å². The predicted molar refractivity (Wildman–Crippen MR) is 71.3 cm³/mol. The highest BCUT2D eigenvalue weighted by molar-refractivity contribution is 5.95. The molecule has 0 saturated heterocycles. The lowest BCUT2D eigenvalue weighted by Gasteiger charge is -2.28. The number of anilines is 1. The fraction of sp³-hybridized carbons (Fsp3) is 0.500. The summed E-state index contributed by atoms with van der Waals surface area (Å²) in [6, 6.07) is 2.51. The van der Waals surface area contributed by atoms with Crippen LogP contribution >= 0.6 is 0 Å². The Hall–Kier alpha value is -1.62. The molecule has 4 N–H and O–H groups in total. The Kier molecular flexibility index (Phi) is 4.04. The van der Waals surface area contributed by atoms with Gasteiger partial charge in [-0.3, -0.25) is 4.79 Å². The lowest BCUT2D eigenvalue weighted by molar-refractivity contribution is 0.0714. The van der Waals surface area contributed by atoms with E-state index in [0.717, 1.165) is 19.3 Å². The number of hydrogen-bond acceptors (Lipinski definition) is 3. The maximum Gasteiger partial charge on any atom is 0.254 e.